The van der Waals surface area contributed by atoms with Crippen LogP contribution in [-0.2, 0) is 10.1 Å². The first-order valence-corrected chi connectivity index (χ1v) is 9.86. The zero-order valence-corrected chi connectivity index (χ0v) is 17.3. The lowest BCUT2D eigenvalue weighted by atomic mass is 10.1. The first-order valence-electron chi connectivity index (χ1n) is 8.42. The highest BCUT2D eigenvalue weighted by Gasteiger charge is 2.32. The summed E-state index contributed by atoms with van der Waals surface area (Å²) in [5.74, 6) is -26.5. The Kier molecular flexibility index (Phi) is 12.1. The van der Waals surface area contributed by atoms with Crippen molar-refractivity contribution in [1.82, 2.24) is 0 Å². The van der Waals surface area contributed by atoms with Crippen LogP contribution in [0.5, 0.6) is 0 Å². The van der Waals surface area contributed by atoms with Crippen LogP contribution >= 0.6 is 0 Å². The zero-order valence-electron chi connectivity index (χ0n) is 16.5. The summed E-state index contributed by atoms with van der Waals surface area (Å²) in [5, 5.41) is 24.3. The molecule has 4 N–H and O–H groups in total. The van der Waals surface area contributed by atoms with Gasteiger partial charge in [0.2, 0.25) is 11.6 Å². The second kappa shape index (κ2) is 13.2. The van der Waals surface area contributed by atoms with Gasteiger partial charge in [0.1, 0.15) is 5.56 Å². The summed E-state index contributed by atoms with van der Waals surface area (Å²) >= 11 is 0. The van der Waals surface area contributed by atoms with E-state index in [1.807, 2.05) is 0 Å². The van der Waals surface area contributed by atoms with Gasteiger partial charge >= 0.3 is 16.1 Å². The average Bonchev–Trinajstić information content (AvgIpc) is 2.77. The molecule has 0 heterocycles. The molecule has 2 aromatic rings. The second-order valence-corrected chi connectivity index (χ2v) is 7.14. The number of aliphatic hydroxyl groups is 2. The topological polar surface area (TPSA) is 132 Å². The van der Waals surface area contributed by atoms with Crippen molar-refractivity contribution in [1.29, 1.82) is 0 Å². The third-order valence-corrected chi connectivity index (χ3v) is 4.29. The standard InChI is InChI=1S/C7HF5O2.C6HF5O3S.C4H10O2/c8-2-1(7(13)14)3(9)5(11)6(12)4(2)10;7-1-2(8)4(10)6(15(12,13)14)5(11)3(1)9;5-3-1-2-4-6/h(H,13,14);(H,12,13,14);5-6H,1-4H2. The van der Waals surface area contributed by atoms with E-state index in [2.05, 4.69) is 0 Å². The number of carbonyl (C=O) groups is 1. The molecular formula is C17H12F10O7S. The Hall–Kier alpha value is -2.96. The monoisotopic (exact) mass is 550 g/mol. The number of aromatic carboxylic acids is 1. The molecule has 0 aliphatic rings. The molecule has 35 heavy (non-hydrogen) atoms. The van der Waals surface area contributed by atoms with E-state index in [-0.39, 0.29) is 13.2 Å². The van der Waals surface area contributed by atoms with Crippen molar-refractivity contribution in [3.05, 3.63) is 63.7 Å². The van der Waals surface area contributed by atoms with E-state index in [1.54, 1.807) is 0 Å². The number of hydrogen-bond acceptors (Lipinski definition) is 5. The fraction of sp³-hybridized carbons (Fsp3) is 0.235. The number of aliphatic hydroxyl groups excluding tert-OH is 2. The largest absolute Gasteiger partial charge is 0.477 e. The summed E-state index contributed by atoms with van der Waals surface area (Å²) in [6.45, 7) is 0.390. The van der Waals surface area contributed by atoms with Crippen molar-refractivity contribution in [3.63, 3.8) is 0 Å². The Morgan fingerprint density at radius 3 is 1.06 bits per heavy atom. The predicted molar refractivity (Wildman–Crippen MR) is 92.6 cm³/mol. The molecule has 18 heteroatoms. The minimum absolute atomic E-state index is 0.195. The third-order valence-electron chi connectivity index (χ3n) is 3.42. The molecule has 2 rings (SSSR count). The van der Waals surface area contributed by atoms with Gasteiger partial charge in [-0.15, -0.1) is 0 Å². The highest BCUT2D eigenvalue weighted by atomic mass is 32.2. The van der Waals surface area contributed by atoms with Gasteiger partial charge in [0.05, 0.1) is 0 Å². The van der Waals surface area contributed by atoms with Crippen LogP contribution in [0.15, 0.2) is 4.90 Å². The Bertz CT molecular complexity index is 1130. The molecule has 0 saturated heterocycles. The Morgan fingerprint density at radius 2 is 0.829 bits per heavy atom. The van der Waals surface area contributed by atoms with Gasteiger partial charge in [-0.1, -0.05) is 0 Å². The highest BCUT2D eigenvalue weighted by molar-refractivity contribution is 7.85. The van der Waals surface area contributed by atoms with Crippen molar-refractivity contribution in [2.45, 2.75) is 17.7 Å². The van der Waals surface area contributed by atoms with Crippen LogP contribution in [0.2, 0.25) is 0 Å². The molecule has 0 aromatic heterocycles. The lowest BCUT2D eigenvalue weighted by molar-refractivity contribution is 0.0682. The molecule has 0 unspecified atom stereocenters. The molecule has 0 spiro atoms. The Morgan fingerprint density at radius 1 is 0.571 bits per heavy atom. The van der Waals surface area contributed by atoms with E-state index in [0.29, 0.717) is 0 Å². The molecular weight excluding hydrogens is 538 g/mol. The van der Waals surface area contributed by atoms with E-state index in [0.717, 1.165) is 12.8 Å². The van der Waals surface area contributed by atoms with Crippen molar-refractivity contribution in [3.8, 4) is 0 Å². The van der Waals surface area contributed by atoms with Crippen LogP contribution in [0.25, 0.3) is 0 Å². The SMILES string of the molecule is O=C(O)c1c(F)c(F)c(F)c(F)c1F.O=S(=O)(O)c1c(F)c(F)c(F)c(F)c1F.OCCCCO. The summed E-state index contributed by atoms with van der Waals surface area (Å²) in [7, 11) is -5.52. The van der Waals surface area contributed by atoms with Gasteiger partial charge in [0.25, 0.3) is 0 Å². The maximum absolute atomic E-state index is 12.6. The number of carboxylic acid groups (broad SMARTS) is 1. The van der Waals surface area contributed by atoms with Crippen LogP contribution in [0.4, 0.5) is 43.9 Å². The number of benzene rings is 2. The van der Waals surface area contributed by atoms with Crippen LogP contribution in [0.3, 0.4) is 0 Å². The molecule has 2 aromatic carbocycles. The molecule has 198 valence electrons. The average molecular weight is 550 g/mol. The molecule has 0 atom stereocenters. The van der Waals surface area contributed by atoms with Crippen LogP contribution in [0.1, 0.15) is 23.2 Å². The Balaban J connectivity index is 0.000000540. The fourth-order valence-electron chi connectivity index (χ4n) is 1.83. The Labute approximate surface area is 188 Å². The summed E-state index contributed by atoms with van der Waals surface area (Å²) in [6, 6.07) is 0. The minimum atomic E-state index is -5.52. The van der Waals surface area contributed by atoms with Gasteiger partial charge in [0.15, 0.2) is 51.4 Å². The van der Waals surface area contributed by atoms with Gasteiger partial charge in [0, 0.05) is 13.2 Å². The van der Waals surface area contributed by atoms with E-state index >= 15 is 0 Å². The second-order valence-electron chi connectivity index (χ2n) is 5.78. The normalized spacial score (nSPS) is 10.8. The van der Waals surface area contributed by atoms with Gasteiger partial charge < -0.3 is 15.3 Å². The molecule has 0 aliphatic carbocycles. The molecule has 0 saturated carbocycles. The first-order chi connectivity index (χ1) is 16.0. The molecule has 0 aliphatic heterocycles. The smallest absolute Gasteiger partial charge is 0.341 e. The number of halogens is 10. The fourth-order valence-corrected chi connectivity index (χ4v) is 2.46. The summed E-state index contributed by atoms with van der Waals surface area (Å²) in [6.07, 6.45) is 1.44. The van der Waals surface area contributed by atoms with Crippen LogP contribution in [-0.4, -0.2) is 47.5 Å². The minimum Gasteiger partial charge on any atom is -0.477 e. The lowest BCUT2D eigenvalue weighted by Crippen LogP contribution is -2.11. The van der Waals surface area contributed by atoms with Crippen LogP contribution < -0.4 is 0 Å². The van der Waals surface area contributed by atoms with Crippen molar-refractivity contribution in [2.75, 3.05) is 13.2 Å². The zero-order chi connectivity index (χ0) is 27.8. The molecule has 0 bridgehead atoms. The van der Waals surface area contributed by atoms with E-state index < -0.39 is 84.7 Å². The summed E-state index contributed by atoms with van der Waals surface area (Å²) < 4.78 is 153. The van der Waals surface area contributed by atoms with Gasteiger partial charge in [-0.05, 0) is 12.8 Å². The maximum atomic E-state index is 12.6. The number of carboxylic acids is 1. The molecule has 0 fully saturated rings. The number of unbranched alkanes of at least 4 members (excludes halogenated alkanes) is 1. The summed E-state index contributed by atoms with van der Waals surface area (Å²) in [5.41, 5.74) is -1.86. The van der Waals surface area contributed by atoms with E-state index in [4.69, 9.17) is 19.9 Å². The lowest BCUT2D eigenvalue weighted by Gasteiger charge is -2.04. The van der Waals surface area contributed by atoms with Gasteiger partial charge in [-0.2, -0.15) is 8.42 Å². The molecule has 0 radical (unpaired) electrons. The third kappa shape index (κ3) is 7.77. The summed E-state index contributed by atoms with van der Waals surface area (Å²) in [4.78, 5) is 7.86. The van der Waals surface area contributed by atoms with E-state index in [1.165, 1.54) is 0 Å². The molecule has 0 amide bonds. The number of rotatable bonds is 5. The quantitative estimate of drug-likeness (QED) is 0.147. The first kappa shape index (κ1) is 32.0. The van der Waals surface area contributed by atoms with Gasteiger partial charge in [-0.25, -0.2) is 48.7 Å². The molecule has 7 nitrogen and oxygen atoms in total. The number of hydrogen-bond donors (Lipinski definition) is 4. The predicted octanol–water partition coefficient (Wildman–Crippen LogP) is 3.46. The van der Waals surface area contributed by atoms with Gasteiger partial charge in [-0.3, -0.25) is 4.55 Å². The maximum Gasteiger partial charge on any atom is 0.341 e. The highest BCUT2D eigenvalue weighted by Crippen LogP contribution is 2.26. The van der Waals surface area contributed by atoms with E-state index in [9.17, 15) is 57.1 Å². The van der Waals surface area contributed by atoms with Crippen LogP contribution in [0, 0.1) is 58.2 Å². The van der Waals surface area contributed by atoms with Crippen molar-refractivity contribution < 1.29 is 77.0 Å². The van der Waals surface area contributed by atoms with Crippen molar-refractivity contribution >= 4 is 16.1 Å². The van der Waals surface area contributed by atoms with Crippen molar-refractivity contribution in [2.24, 2.45) is 0 Å².